The van der Waals surface area contributed by atoms with Crippen LogP contribution in [0.5, 0.6) is 0 Å². The molecule has 0 bridgehead atoms. The minimum Gasteiger partial charge on any atom is -0.295 e. The molecule has 0 spiro atoms. The average molecular weight is 520 g/mol. The summed E-state index contributed by atoms with van der Waals surface area (Å²) in [6, 6.07) is 41.9. The smallest absolute Gasteiger partial charge is 0.161 e. The molecule has 7 rings (SSSR count). The molecule has 0 amide bonds. The Morgan fingerprint density at radius 3 is 2.03 bits per heavy atom. The van der Waals surface area contributed by atoms with Crippen LogP contribution >= 0.6 is 11.3 Å². The number of aliphatic imine (C=N–C) groups is 2. The Hall–Kier alpha value is -4.80. The largest absolute Gasteiger partial charge is 0.295 e. The van der Waals surface area contributed by atoms with Crippen molar-refractivity contribution in [3.63, 3.8) is 0 Å². The van der Waals surface area contributed by atoms with Crippen molar-refractivity contribution in [2.45, 2.75) is 6.92 Å². The third kappa shape index (κ3) is 3.97. The number of thiophene rings is 1. The summed E-state index contributed by atoms with van der Waals surface area (Å²) in [7, 11) is 0. The van der Waals surface area contributed by atoms with Crippen LogP contribution < -0.4 is 0 Å². The van der Waals surface area contributed by atoms with Crippen molar-refractivity contribution in [2.24, 2.45) is 9.98 Å². The summed E-state index contributed by atoms with van der Waals surface area (Å²) in [5.74, 6) is 1.50. The minimum atomic E-state index is 0.636. The monoisotopic (exact) mass is 519 g/mol. The third-order valence-corrected chi connectivity index (χ3v) is 8.33. The van der Waals surface area contributed by atoms with Gasteiger partial charge in [-0.15, -0.1) is 11.3 Å². The van der Waals surface area contributed by atoms with Gasteiger partial charge in [-0.05, 0) is 23.9 Å². The molecular formula is C35H25N3S. The quantitative estimate of drug-likeness (QED) is 0.164. The van der Waals surface area contributed by atoms with E-state index in [1.807, 2.05) is 72.0 Å². The van der Waals surface area contributed by atoms with E-state index in [0.717, 1.165) is 17.0 Å². The minimum absolute atomic E-state index is 0.636. The molecule has 2 aromatic heterocycles. The number of amidine groups is 1. The Morgan fingerprint density at radius 1 is 0.615 bits per heavy atom. The Morgan fingerprint density at radius 2 is 1.26 bits per heavy atom. The van der Waals surface area contributed by atoms with Crippen LogP contribution in [0.15, 0.2) is 138 Å². The van der Waals surface area contributed by atoms with Gasteiger partial charge in [-0.25, -0.2) is 9.98 Å². The number of nitrogens with zero attached hydrogens (tertiary/aromatic N) is 3. The molecule has 7 aromatic rings. The fourth-order valence-electron chi connectivity index (χ4n) is 5.32. The van der Waals surface area contributed by atoms with E-state index in [9.17, 15) is 0 Å². The van der Waals surface area contributed by atoms with Gasteiger partial charge in [-0.3, -0.25) is 4.57 Å². The number of hydrogen-bond acceptors (Lipinski definition) is 2. The lowest BCUT2D eigenvalue weighted by Crippen LogP contribution is -2.11. The van der Waals surface area contributed by atoms with Gasteiger partial charge in [0.25, 0.3) is 0 Å². The summed E-state index contributed by atoms with van der Waals surface area (Å²) in [5.41, 5.74) is 4.97. The number of fused-ring (bicyclic) bond motifs is 7. The van der Waals surface area contributed by atoms with Gasteiger partial charge >= 0.3 is 0 Å². The molecule has 0 aliphatic rings. The van der Waals surface area contributed by atoms with Crippen LogP contribution in [0.3, 0.4) is 0 Å². The van der Waals surface area contributed by atoms with E-state index in [-0.39, 0.29) is 0 Å². The lowest BCUT2D eigenvalue weighted by molar-refractivity contribution is 1.26. The number of hydrogen-bond donors (Lipinski definition) is 0. The van der Waals surface area contributed by atoms with E-state index in [2.05, 4.69) is 78.7 Å². The van der Waals surface area contributed by atoms with Gasteiger partial charge < -0.3 is 0 Å². The van der Waals surface area contributed by atoms with Gasteiger partial charge in [-0.1, -0.05) is 122 Å². The second kappa shape index (κ2) is 9.50. The Balaban J connectivity index is 1.53. The zero-order chi connectivity index (χ0) is 26.3. The molecule has 0 fully saturated rings. The maximum atomic E-state index is 5.22. The van der Waals surface area contributed by atoms with Crippen molar-refractivity contribution in [1.82, 2.24) is 4.57 Å². The van der Waals surface area contributed by atoms with Gasteiger partial charge in [0, 0.05) is 26.4 Å². The highest BCUT2D eigenvalue weighted by molar-refractivity contribution is 7.26. The summed E-state index contributed by atoms with van der Waals surface area (Å²) in [6.45, 7) is 6.35. The molecule has 0 unspecified atom stereocenters. The second-order valence-electron chi connectivity index (χ2n) is 9.57. The topological polar surface area (TPSA) is 29.6 Å². The molecule has 0 saturated heterocycles. The number of rotatable bonds is 3. The second-order valence-corrected chi connectivity index (χ2v) is 10.6. The van der Waals surface area contributed by atoms with Gasteiger partial charge in [0.05, 0.1) is 21.4 Å². The Labute approximate surface area is 230 Å². The summed E-state index contributed by atoms with van der Waals surface area (Å²) < 4.78 is 4.88. The molecule has 0 aliphatic carbocycles. The Kier molecular flexibility index (Phi) is 5.68. The van der Waals surface area contributed by atoms with Crippen LogP contribution in [0, 0.1) is 0 Å². The van der Waals surface area contributed by atoms with Crippen molar-refractivity contribution in [3.05, 3.63) is 139 Å². The zero-order valence-electron chi connectivity index (χ0n) is 21.5. The lowest BCUT2D eigenvalue weighted by Gasteiger charge is -2.11. The van der Waals surface area contributed by atoms with Gasteiger partial charge in [0.15, 0.2) is 5.84 Å². The van der Waals surface area contributed by atoms with Crippen LogP contribution in [-0.4, -0.2) is 16.2 Å². The summed E-state index contributed by atoms with van der Waals surface area (Å²) in [5, 5.41) is 4.90. The van der Waals surface area contributed by atoms with E-state index in [1.165, 1.54) is 42.0 Å². The fraction of sp³-hybridized carbons (Fsp3) is 0.0286. The van der Waals surface area contributed by atoms with Crippen LogP contribution in [-0.2, 0) is 0 Å². The van der Waals surface area contributed by atoms with Crippen molar-refractivity contribution < 1.29 is 0 Å². The standard InChI is InChI=1S/C35H25N3S/c1-23(25-13-5-3-6-14-25)36-35(27-16-7-4-8-17-27)37-24(2)38-32-28-18-10-9-15-26(28)21-22-30(32)34-33(38)29-19-11-12-20-31(29)39-34/h3-22H,1H2,2H3. The molecule has 0 radical (unpaired) electrons. The van der Waals surface area contributed by atoms with E-state index < -0.39 is 0 Å². The molecule has 0 N–H and O–H groups in total. The first-order chi connectivity index (χ1) is 19.2. The lowest BCUT2D eigenvalue weighted by atomic mass is 10.1. The van der Waals surface area contributed by atoms with E-state index >= 15 is 0 Å². The van der Waals surface area contributed by atoms with Crippen LogP contribution in [0.1, 0.15) is 18.1 Å². The molecular weight excluding hydrogens is 494 g/mol. The predicted molar refractivity (Wildman–Crippen MR) is 169 cm³/mol. The Bertz CT molecular complexity index is 2070. The average Bonchev–Trinajstić information content (AvgIpc) is 3.52. The van der Waals surface area contributed by atoms with Crippen LogP contribution in [0.2, 0.25) is 0 Å². The molecule has 2 heterocycles. The first-order valence-corrected chi connectivity index (χ1v) is 13.8. The summed E-state index contributed by atoms with van der Waals surface area (Å²) in [6.07, 6.45) is 0. The van der Waals surface area contributed by atoms with Crippen molar-refractivity contribution in [3.8, 4) is 0 Å². The zero-order valence-corrected chi connectivity index (χ0v) is 22.3. The third-order valence-electron chi connectivity index (χ3n) is 7.13. The normalized spacial score (nSPS) is 12.6. The van der Waals surface area contributed by atoms with Crippen molar-refractivity contribution >= 4 is 70.7 Å². The van der Waals surface area contributed by atoms with E-state index in [0.29, 0.717) is 11.5 Å². The highest BCUT2D eigenvalue weighted by atomic mass is 32.1. The maximum absolute atomic E-state index is 5.22. The first-order valence-electron chi connectivity index (χ1n) is 13.0. The molecule has 0 saturated carbocycles. The maximum Gasteiger partial charge on any atom is 0.161 e. The highest BCUT2D eigenvalue weighted by Gasteiger charge is 2.20. The van der Waals surface area contributed by atoms with Gasteiger partial charge in [0.1, 0.15) is 5.84 Å². The molecule has 186 valence electrons. The molecule has 39 heavy (non-hydrogen) atoms. The fourth-order valence-corrected chi connectivity index (χ4v) is 6.53. The van der Waals surface area contributed by atoms with E-state index in [1.54, 1.807) is 0 Å². The van der Waals surface area contributed by atoms with Crippen molar-refractivity contribution in [2.75, 3.05) is 0 Å². The molecule has 0 atom stereocenters. The molecule has 5 aromatic carbocycles. The molecule has 0 aliphatic heterocycles. The number of aromatic nitrogens is 1. The summed E-state index contributed by atoms with van der Waals surface area (Å²) >= 11 is 1.84. The first kappa shape index (κ1) is 23.3. The predicted octanol–water partition coefficient (Wildman–Crippen LogP) is 9.55. The van der Waals surface area contributed by atoms with Gasteiger partial charge in [-0.2, -0.15) is 0 Å². The highest BCUT2D eigenvalue weighted by Crippen LogP contribution is 2.42. The van der Waals surface area contributed by atoms with Crippen molar-refractivity contribution in [1.29, 1.82) is 0 Å². The SMILES string of the molecule is C=C(N=C(N=C(C)n1c2c3ccccc3ccc2c2sc3ccccc3c21)c1ccccc1)c1ccccc1. The molecule has 3 nitrogen and oxygen atoms in total. The van der Waals surface area contributed by atoms with E-state index in [4.69, 9.17) is 9.98 Å². The van der Waals surface area contributed by atoms with Crippen LogP contribution in [0.4, 0.5) is 0 Å². The number of benzene rings is 5. The molecule has 4 heteroatoms. The van der Waals surface area contributed by atoms with Crippen LogP contribution in [0.25, 0.3) is 47.7 Å². The van der Waals surface area contributed by atoms with Gasteiger partial charge in [0.2, 0.25) is 0 Å². The summed E-state index contributed by atoms with van der Waals surface area (Å²) in [4.78, 5) is 10.2.